The van der Waals surface area contributed by atoms with Crippen LogP contribution in [-0.4, -0.2) is 70.4 Å². The molecular weight excluding hydrogens is 457 g/mol. The van der Waals surface area contributed by atoms with E-state index in [-0.39, 0.29) is 37.6 Å². The normalized spacial score (nSPS) is 17.8. The molecular formula is C25H28FN3O6. The van der Waals surface area contributed by atoms with E-state index in [0.29, 0.717) is 49.0 Å². The van der Waals surface area contributed by atoms with E-state index in [1.807, 2.05) is 4.90 Å². The molecule has 2 saturated heterocycles. The largest absolute Gasteiger partial charge is 0.497 e. The van der Waals surface area contributed by atoms with Gasteiger partial charge in [-0.15, -0.1) is 0 Å². The number of Topliss-reactive ketones (excluding diaryl/α,β-unsaturated/α-hetero) is 1. The number of carbonyl (C=O) groups excluding carboxylic acids is 3. The van der Waals surface area contributed by atoms with Crippen LogP contribution in [-0.2, 0) is 14.3 Å². The van der Waals surface area contributed by atoms with E-state index < -0.39 is 18.0 Å². The summed E-state index contributed by atoms with van der Waals surface area (Å²) in [6, 6.07) is 11.3. The number of hydrogen-bond donors (Lipinski definition) is 1. The number of benzene rings is 2. The van der Waals surface area contributed by atoms with Crippen LogP contribution in [0, 0.1) is 5.82 Å². The van der Waals surface area contributed by atoms with Crippen molar-refractivity contribution in [3.05, 3.63) is 53.8 Å². The summed E-state index contributed by atoms with van der Waals surface area (Å²) in [7, 11) is 1.54. The highest BCUT2D eigenvalue weighted by Gasteiger charge is 2.33. The number of halogens is 1. The second-order valence-electron chi connectivity index (χ2n) is 8.31. The Morgan fingerprint density at radius 1 is 1.11 bits per heavy atom. The van der Waals surface area contributed by atoms with Gasteiger partial charge in [0.2, 0.25) is 5.91 Å². The minimum absolute atomic E-state index is 0.0173. The van der Waals surface area contributed by atoms with Crippen molar-refractivity contribution in [1.82, 2.24) is 5.32 Å². The molecule has 1 unspecified atom stereocenters. The van der Waals surface area contributed by atoms with Gasteiger partial charge in [-0.05, 0) is 42.5 Å². The number of hydrogen-bond acceptors (Lipinski definition) is 7. The van der Waals surface area contributed by atoms with E-state index in [1.165, 1.54) is 11.0 Å². The maximum absolute atomic E-state index is 14.7. The second-order valence-corrected chi connectivity index (χ2v) is 8.31. The van der Waals surface area contributed by atoms with Crippen LogP contribution in [0.3, 0.4) is 0 Å². The van der Waals surface area contributed by atoms with E-state index in [1.54, 1.807) is 43.5 Å². The number of methoxy groups -OCH3 is 1. The third kappa shape index (κ3) is 6.07. The monoisotopic (exact) mass is 485 g/mol. The molecule has 0 aromatic heterocycles. The molecule has 0 spiro atoms. The van der Waals surface area contributed by atoms with Gasteiger partial charge in [-0.3, -0.25) is 14.5 Å². The Bertz CT molecular complexity index is 1070. The van der Waals surface area contributed by atoms with E-state index in [0.717, 1.165) is 0 Å². The number of nitrogens with one attached hydrogen (secondary N) is 1. The molecule has 35 heavy (non-hydrogen) atoms. The maximum Gasteiger partial charge on any atom is 0.414 e. The third-order valence-electron chi connectivity index (χ3n) is 5.99. The molecule has 2 heterocycles. The molecule has 2 aromatic carbocycles. The lowest BCUT2D eigenvalue weighted by Gasteiger charge is -2.29. The van der Waals surface area contributed by atoms with Crippen molar-refractivity contribution >= 4 is 29.2 Å². The number of morpholine rings is 1. The summed E-state index contributed by atoms with van der Waals surface area (Å²) in [5.41, 5.74) is 1.37. The Balaban J connectivity index is 1.24. The quantitative estimate of drug-likeness (QED) is 0.546. The zero-order chi connectivity index (χ0) is 24.8. The molecule has 0 saturated carbocycles. The van der Waals surface area contributed by atoms with Crippen LogP contribution in [0.5, 0.6) is 5.75 Å². The zero-order valence-corrected chi connectivity index (χ0v) is 19.5. The average molecular weight is 486 g/mol. The van der Waals surface area contributed by atoms with E-state index >= 15 is 0 Å². The summed E-state index contributed by atoms with van der Waals surface area (Å²) in [4.78, 5) is 40.1. The van der Waals surface area contributed by atoms with Crippen LogP contribution in [0.15, 0.2) is 42.5 Å². The molecule has 1 N–H and O–H groups in total. The van der Waals surface area contributed by atoms with Crippen molar-refractivity contribution in [2.45, 2.75) is 18.9 Å². The minimum Gasteiger partial charge on any atom is -0.497 e. The van der Waals surface area contributed by atoms with Crippen LogP contribution < -0.4 is 19.9 Å². The first kappa shape index (κ1) is 24.5. The molecule has 0 radical (unpaired) electrons. The van der Waals surface area contributed by atoms with Gasteiger partial charge in [-0.25, -0.2) is 9.18 Å². The van der Waals surface area contributed by atoms with Crippen LogP contribution in [0.4, 0.5) is 20.6 Å². The molecule has 4 rings (SSSR count). The Labute approximate surface area is 202 Å². The predicted octanol–water partition coefficient (Wildman–Crippen LogP) is 2.78. The molecule has 2 amide bonds. The summed E-state index contributed by atoms with van der Waals surface area (Å²) in [5, 5.41) is 2.70. The fraction of sp³-hybridized carbons (Fsp3) is 0.400. The van der Waals surface area contributed by atoms with Gasteiger partial charge in [-0.1, -0.05) is 0 Å². The van der Waals surface area contributed by atoms with Crippen LogP contribution in [0.2, 0.25) is 0 Å². The fourth-order valence-electron chi connectivity index (χ4n) is 4.03. The lowest BCUT2D eigenvalue weighted by atomic mass is 10.1. The van der Waals surface area contributed by atoms with Gasteiger partial charge in [0.1, 0.15) is 17.7 Å². The molecule has 10 heteroatoms. The summed E-state index contributed by atoms with van der Waals surface area (Å²) >= 11 is 0. The van der Waals surface area contributed by atoms with Gasteiger partial charge in [-0.2, -0.15) is 0 Å². The van der Waals surface area contributed by atoms with Gasteiger partial charge in [0.25, 0.3) is 0 Å². The van der Waals surface area contributed by atoms with Crippen LogP contribution in [0.1, 0.15) is 23.2 Å². The Morgan fingerprint density at radius 3 is 2.54 bits per heavy atom. The smallest absolute Gasteiger partial charge is 0.414 e. The van der Waals surface area contributed by atoms with Crippen molar-refractivity contribution in [3.8, 4) is 5.75 Å². The predicted molar refractivity (Wildman–Crippen MR) is 127 cm³/mol. The van der Waals surface area contributed by atoms with Gasteiger partial charge < -0.3 is 24.4 Å². The van der Waals surface area contributed by atoms with Gasteiger partial charge in [0, 0.05) is 31.5 Å². The first-order valence-corrected chi connectivity index (χ1v) is 11.5. The number of amides is 2. The molecule has 9 nitrogen and oxygen atoms in total. The van der Waals surface area contributed by atoms with Crippen molar-refractivity contribution in [2.24, 2.45) is 0 Å². The molecule has 2 aromatic rings. The van der Waals surface area contributed by atoms with E-state index in [2.05, 4.69) is 5.32 Å². The Morgan fingerprint density at radius 2 is 1.86 bits per heavy atom. The Hall–Kier alpha value is -3.66. The van der Waals surface area contributed by atoms with E-state index in [4.69, 9.17) is 14.2 Å². The molecule has 2 aliphatic rings. The minimum atomic E-state index is -0.600. The summed E-state index contributed by atoms with van der Waals surface area (Å²) < 4.78 is 30.4. The van der Waals surface area contributed by atoms with Crippen LogP contribution in [0.25, 0.3) is 0 Å². The highest BCUT2D eigenvalue weighted by Crippen LogP contribution is 2.28. The first-order valence-electron chi connectivity index (χ1n) is 11.5. The third-order valence-corrected chi connectivity index (χ3v) is 5.99. The number of cyclic esters (lactones) is 1. The number of anilines is 2. The van der Waals surface area contributed by atoms with Gasteiger partial charge >= 0.3 is 6.09 Å². The lowest BCUT2D eigenvalue weighted by molar-refractivity contribution is -0.121. The van der Waals surface area contributed by atoms with Crippen molar-refractivity contribution in [2.75, 3.05) is 56.3 Å². The van der Waals surface area contributed by atoms with Gasteiger partial charge in [0.05, 0.1) is 44.8 Å². The van der Waals surface area contributed by atoms with Crippen molar-refractivity contribution in [3.63, 3.8) is 0 Å². The topological polar surface area (TPSA) is 97.4 Å². The lowest BCUT2D eigenvalue weighted by Crippen LogP contribution is -2.37. The van der Waals surface area contributed by atoms with Crippen LogP contribution >= 0.6 is 0 Å². The molecule has 2 aliphatic heterocycles. The maximum atomic E-state index is 14.7. The zero-order valence-electron chi connectivity index (χ0n) is 19.5. The highest BCUT2D eigenvalue weighted by molar-refractivity contribution is 5.98. The van der Waals surface area contributed by atoms with E-state index in [9.17, 15) is 18.8 Å². The number of rotatable bonds is 9. The average Bonchev–Trinajstić information content (AvgIpc) is 3.26. The molecule has 186 valence electrons. The number of carbonyl (C=O) groups is 3. The van der Waals surface area contributed by atoms with Gasteiger partial charge in [0.15, 0.2) is 5.78 Å². The SMILES string of the molecule is COc1ccc(C(=O)CCC(=O)NCC2CN(c3ccc(N4CCOCC4)c(F)c3)C(=O)O2)cc1. The Kier molecular flexibility index (Phi) is 7.81. The second kappa shape index (κ2) is 11.2. The molecule has 1 atom stereocenters. The first-order chi connectivity index (χ1) is 16.9. The number of nitrogens with zero attached hydrogens (tertiary/aromatic N) is 2. The summed E-state index contributed by atoms with van der Waals surface area (Å²) in [6.07, 6.45) is -1.10. The van der Waals surface area contributed by atoms with Crippen molar-refractivity contribution in [1.29, 1.82) is 0 Å². The summed E-state index contributed by atoms with van der Waals surface area (Å²) in [5.74, 6) is -0.239. The standard InChI is InChI=1S/C25H28FN3O6/c1-33-19-5-2-17(3-6-19)23(30)8-9-24(31)27-15-20-16-29(25(32)35-20)18-4-7-22(21(26)14-18)28-10-12-34-13-11-28/h2-7,14,20H,8-13,15-16H2,1H3,(H,27,31). The fourth-order valence-corrected chi connectivity index (χ4v) is 4.03. The molecule has 0 bridgehead atoms. The highest BCUT2D eigenvalue weighted by atomic mass is 19.1. The number of ketones is 1. The summed E-state index contributed by atoms with van der Waals surface area (Å²) in [6.45, 7) is 2.59. The van der Waals surface area contributed by atoms with Crippen molar-refractivity contribution < 1.29 is 33.0 Å². The number of ether oxygens (including phenoxy) is 3. The molecule has 0 aliphatic carbocycles. The molecule has 2 fully saturated rings.